The Balaban J connectivity index is 2.17. The molecule has 0 aliphatic carbocycles. The molecule has 3 aromatic rings. The fourth-order valence-electron chi connectivity index (χ4n) is 3.93. The first-order chi connectivity index (χ1) is 13.3. The highest BCUT2D eigenvalue weighted by molar-refractivity contribution is 7.00. The van der Waals surface area contributed by atoms with Crippen molar-refractivity contribution in [3.05, 3.63) is 90.5 Å². The van der Waals surface area contributed by atoms with Crippen LogP contribution in [-0.4, -0.2) is 14.4 Å². The summed E-state index contributed by atoms with van der Waals surface area (Å²) in [6.07, 6.45) is 0.845. The summed E-state index contributed by atoms with van der Waals surface area (Å²) in [7, 11) is -2.58. The third-order valence-electron chi connectivity index (χ3n) is 5.14. The minimum absolute atomic E-state index is 0.0487. The molecule has 0 aliphatic rings. The van der Waals surface area contributed by atoms with E-state index in [1.807, 2.05) is 6.92 Å². The van der Waals surface area contributed by atoms with Crippen LogP contribution in [0.1, 0.15) is 33.3 Å². The summed E-state index contributed by atoms with van der Waals surface area (Å²) in [5.41, 5.74) is 7.23. The molecule has 0 amide bonds. The van der Waals surface area contributed by atoms with Gasteiger partial charge in [-0.25, -0.2) is 0 Å². The zero-order valence-corrected chi connectivity index (χ0v) is 18.4. The topological polar surface area (TPSA) is 35.2 Å². The van der Waals surface area contributed by atoms with Crippen LogP contribution in [0.25, 0.3) is 0 Å². The third-order valence-corrected chi connectivity index (χ3v) is 10.1. The van der Waals surface area contributed by atoms with Gasteiger partial charge in [0.1, 0.15) is 5.75 Å². The molecule has 28 heavy (non-hydrogen) atoms. The fraction of sp³-hybridized carbons (Fsp3) is 0.280. The Bertz CT molecular complexity index is 846. The van der Waals surface area contributed by atoms with E-state index >= 15 is 0 Å². The van der Waals surface area contributed by atoms with Crippen LogP contribution in [-0.2, 0) is 6.42 Å². The SMILES string of the molecule is C[C@@H](N)Cc1cccc(O[Si](c2ccccc2)(c2ccccc2)C(C)(C)C)c1. The third kappa shape index (κ3) is 4.21. The Morgan fingerprint density at radius 1 is 0.821 bits per heavy atom. The monoisotopic (exact) mass is 389 g/mol. The molecule has 3 heteroatoms. The Hall–Kier alpha value is -2.36. The predicted molar refractivity (Wildman–Crippen MR) is 122 cm³/mol. The average molecular weight is 390 g/mol. The van der Waals surface area contributed by atoms with Crippen LogP contribution in [0.2, 0.25) is 5.04 Å². The Morgan fingerprint density at radius 3 is 1.82 bits per heavy atom. The van der Waals surface area contributed by atoms with Crippen LogP contribution in [0.15, 0.2) is 84.9 Å². The summed E-state index contributed by atoms with van der Waals surface area (Å²) >= 11 is 0. The van der Waals surface area contributed by atoms with Gasteiger partial charge < -0.3 is 10.2 Å². The van der Waals surface area contributed by atoms with Crippen LogP contribution in [0, 0.1) is 0 Å². The van der Waals surface area contributed by atoms with Crippen molar-refractivity contribution in [1.82, 2.24) is 0 Å². The van der Waals surface area contributed by atoms with Gasteiger partial charge in [-0.3, -0.25) is 0 Å². The Morgan fingerprint density at radius 2 is 1.36 bits per heavy atom. The minimum atomic E-state index is -2.58. The van der Waals surface area contributed by atoms with Crippen molar-refractivity contribution in [3.63, 3.8) is 0 Å². The molecule has 2 nitrogen and oxygen atoms in total. The molecule has 1 atom stereocenters. The first-order valence-corrected chi connectivity index (χ1v) is 11.9. The fourth-order valence-corrected chi connectivity index (χ4v) is 8.35. The summed E-state index contributed by atoms with van der Waals surface area (Å²) in [6.45, 7) is 8.93. The Labute approximate surface area is 170 Å². The average Bonchev–Trinajstić information content (AvgIpc) is 2.66. The second kappa shape index (κ2) is 8.34. The van der Waals surface area contributed by atoms with Gasteiger partial charge in [0.2, 0.25) is 0 Å². The molecule has 0 heterocycles. The second-order valence-electron chi connectivity index (χ2n) is 8.59. The maximum Gasteiger partial charge on any atom is 0.319 e. The van der Waals surface area contributed by atoms with Gasteiger partial charge in [-0.15, -0.1) is 0 Å². The number of rotatable bonds is 6. The van der Waals surface area contributed by atoms with Crippen LogP contribution in [0.3, 0.4) is 0 Å². The highest BCUT2D eigenvalue weighted by Gasteiger charge is 2.52. The van der Waals surface area contributed by atoms with Crippen molar-refractivity contribution < 1.29 is 4.43 Å². The van der Waals surface area contributed by atoms with Crippen molar-refractivity contribution in [2.45, 2.75) is 45.2 Å². The summed E-state index contributed by atoms with van der Waals surface area (Å²) in [6, 6.07) is 30.0. The number of hydrogen-bond acceptors (Lipinski definition) is 2. The summed E-state index contributed by atoms with van der Waals surface area (Å²) < 4.78 is 7.06. The van der Waals surface area contributed by atoms with Gasteiger partial charge in [0, 0.05) is 6.04 Å². The molecule has 0 saturated heterocycles. The standard InChI is InChI=1S/C25H31NOSi/c1-20(26)18-21-12-11-13-22(19-21)27-28(25(2,3)4,23-14-7-5-8-15-23)24-16-9-6-10-17-24/h5-17,19-20H,18,26H2,1-4H3/t20-/m1/s1. The highest BCUT2D eigenvalue weighted by Crippen LogP contribution is 2.37. The zero-order chi connectivity index (χ0) is 20.2. The van der Waals surface area contributed by atoms with E-state index in [0.717, 1.165) is 12.2 Å². The van der Waals surface area contributed by atoms with Crippen molar-refractivity contribution >= 4 is 18.7 Å². The lowest BCUT2D eigenvalue weighted by molar-refractivity contribution is 0.507. The van der Waals surface area contributed by atoms with Crippen molar-refractivity contribution in [1.29, 1.82) is 0 Å². The van der Waals surface area contributed by atoms with E-state index in [0.29, 0.717) is 0 Å². The molecule has 2 N–H and O–H groups in total. The number of nitrogens with two attached hydrogens (primary N) is 1. The molecule has 0 aromatic heterocycles. The predicted octanol–water partition coefficient (Wildman–Crippen LogP) is 4.52. The van der Waals surface area contributed by atoms with Gasteiger partial charge in [-0.1, -0.05) is 93.6 Å². The maximum absolute atomic E-state index is 7.06. The lowest BCUT2D eigenvalue weighted by Gasteiger charge is -2.43. The maximum atomic E-state index is 7.06. The molecule has 0 unspecified atom stereocenters. The van der Waals surface area contributed by atoms with Crippen molar-refractivity contribution in [2.75, 3.05) is 0 Å². The minimum Gasteiger partial charge on any atom is -0.534 e. The molecule has 0 bridgehead atoms. The van der Waals surface area contributed by atoms with Crippen LogP contribution < -0.4 is 20.5 Å². The van der Waals surface area contributed by atoms with E-state index in [1.165, 1.54) is 15.9 Å². The molecule has 0 saturated carbocycles. The van der Waals surface area contributed by atoms with Crippen molar-refractivity contribution in [2.24, 2.45) is 5.73 Å². The van der Waals surface area contributed by atoms with E-state index in [1.54, 1.807) is 0 Å². The lowest BCUT2D eigenvalue weighted by Crippen LogP contribution is -2.68. The first kappa shape index (κ1) is 20.4. The molecule has 0 fully saturated rings. The van der Waals surface area contributed by atoms with Crippen molar-refractivity contribution in [3.8, 4) is 5.75 Å². The van der Waals surface area contributed by atoms with Crippen LogP contribution >= 0.6 is 0 Å². The van der Waals surface area contributed by atoms with Gasteiger partial charge in [0.15, 0.2) is 0 Å². The summed E-state index contributed by atoms with van der Waals surface area (Å²) in [5, 5.41) is 2.52. The van der Waals surface area contributed by atoms with Gasteiger partial charge in [-0.2, -0.15) is 0 Å². The van der Waals surface area contributed by atoms with Gasteiger partial charge >= 0.3 is 8.32 Å². The molecule has 0 spiro atoms. The second-order valence-corrected chi connectivity index (χ2v) is 12.8. The van der Waals surface area contributed by atoms with E-state index in [9.17, 15) is 0 Å². The highest BCUT2D eigenvalue weighted by atomic mass is 28.4. The smallest absolute Gasteiger partial charge is 0.319 e. The number of hydrogen-bond donors (Lipinski definition) is 1. The molecule has 3 aromatic carbocycles. The lowest BCUT2D eigenvalue weighted by atomic mass is 10.1. The van der Waals surface area contributed by atoms with E-state index in [2.05, 4.69) is 106 Å². The summed E-state index contributed by atoms with van der Waals surface area (Å²) in [5.74, 6) is 0.924. The number of benzene rings is 3. The molecule has 0 aliphatic heterocycles. The van der Waals surface area contributed by atoms with E-state index in [-0.39, 0.29) is 11.1 Å². The first-order valence-electron chi connectivity index (χ1n) is 9.97. The largest absolute Gasteiger partial charge is 0.534 e. The molecular weight excluding hydrogens is 358 g/mol. The Kier molecular flexibility index (Phi) is 6.06. The van der Waals surface area contributed by atoms with Gasteiger partial charge in [0.05, 0.1) is 0 Å². The summed E-state index contributed by atoms with van der Waals surface area (Å²) in [4.78, 5) is 0. The van der Waals surface area contributed by atoms with E-state index < -0.39 is 8.32 Å². The molecule has 0 radical (unpaired) electrons. The zero-order valence-electron chi connectivity index (χ0n) is 17.4. The van der Waals surface area contributed by atoms with Crippen LogP contribution in [0.4, 0.5) is 0 Å². The molecule has 3 rings (SSSR count). The van der Waals surface area contributed by atoms with E-state index in [4.69, 9.17) is 10.2 Å². The normalized spacial score (nSPS) is 13.2. The molecular formula is C25H31NOSi. The van der Waals surface area contributed by atoms with Gasteiger partial charge in [0.25, 0.3) is 0 Å². The molecule has 146 valence electrons. The van der Waals surface area contributed by atoms with Crippen LogP contribution in [0.5, 0.6) is 5.75 Å². The van der Waals surface area contributed by atoms with Gasteiger partial charge in [-0.05, 0) is 46.5 Å². The quantitative estimate of drug-likeness (QED) is 0.629.